The standard InChI is InChI=1S/C30H28N4O3/c1-2-36-29(35)17-22-5-3-4-6-28(22)37-18-26-25-16-21(9-12-27(25)34(33-26)23-10-11-23)20-8-7-19-13-14-32-30(31)24(19)15-20/h3-9,12-16,23H,2,10-11,17-18H2,1H3,(H2,31,32). The molecule has 0 amide bonds. The number of hydrogen-bond acceptors (Lipinski definition) is 6. The lowest BCUT2D eigenvalue weighted by Crippen LogP contribution is -2.09. The highest BCUT2D eigenvalue weighted by Crippen LogP contribution is 2.39. The van der Waals surface area contributed by atoms with Crippen molar-refractivity contribution in [2.24, 2.45) is 0 Å². The molecule has 1 aliphatic carbocycles. The molecule has 7 heteroatoms. The molecular weight excluding hydrogens is 464 g/mol. The molecule has 0 unspecified atom stereocenters. The number of pyridine rings is 1. The third-order valence-corrected chi connectivity index (χ3v) is 6.78. The fourth-order valence-electron chi connectivity index (χ4n) is 4.76. The summed E-state index contributed by atoms with van der Waals surface area (Å²) in [5, 5.41) is 8.02. The molecule has 6 rings (SSSR count). The molecule has 0 radical (unpaired) electrons. The maximum Gasteiger partial charge on any atom is 0.310 e. The zero-order valence-electron chi connectivity index (χ0n) is 20.7. The average Bonchev–Trinajstić information content (AvgIpc) is 3.69. The van der Waals surface area contributed by atoms with Gasteiger partial charge in [-0.15, -0.1) is 0 Å². The number of anilines is 1. The molecule has 0 spiro atoms. The maximum atomic E-state index is 12.1. The average molecular weight is 493 g/mol. The van der Waals surface area contributed by atoms with Crippen molar-refractivity contribution < 1.29 is 14.3 Å². The molecule has 1 aliphatic rings. The van der Waals surface area contributed by atoms with Gasteiger partial charge in [-0.2, -0.15) is 5.10 Å². The summed E-state index contributed by atoms with van der Waals surface area (Å²) in [6.07, 6.45) is 4.18. The predicted molar refractivity (Wildman–Crippen MR) is 144 cm³/mol. The van der Waals surface area contributed by atoms with E-state index in [-0.39, 0.29) is 12.4 Å². The number of esters is 1. The van der Waals surface area contributed by atoms with E-state index in [2.05, 4.69) is 46.1 Å². The molecule has 3 aromatic carbocycles. The van der Waals surface area contributed by atoms with Crippen molar-refractivity contribution in [3.8, 4) is 16.9 Å². The summed E-state index contributed by atoms with van der Waals surface area (Å²) in [5.74, 6) is 0.925. The van der Waals surface area contributed by atoms with Crippen LogP contribution in [-0.4, -0.2) is 27.3 Å². The van der Waals surface area contributed by atoms with E-state index in [4.69, 9.17) is 20.3 Å². The Morgan fingerprint density at radius 3 is 2.62 bits per heavy atom. The molecule has 1 fully saturated rings. The third kappa shape index (κ3) is 4.60. The molecule has 37 heavy (non-hydrogen) atoms. The van der Waals surface area contributed by atoms with Crippen LogP contribution in [0.1, 0.15) is 37.1 Å². The number of carbonyl (C=O) groups excluding carboxylic acids is 1. The molecule has 0 aliphatic heterocycles. The molecule has 0 bridgehead atoms. The van der Waals surface area contributed by atoms with Crippen molar-refractivity contribution in [1.29, 1.82) is 0 Å². The number of fused-ring (bicyclic) bond motifs is 2. The normalized spacial score (nSPS) is 13.2. The van der Waals surface area contributed by atoms with Gasteiger partial charge in [-0.25, -0.2) is 4.98 Å². The molecule has 7 nitrogen and oxygen atoms in total. The summed E-state index contributed by atoms with van der Waals surface area (Å²) >= 11 is 0. The van der Waals surface area contributed by atoms with Crippen LogP contribution in [0.4, 0.5) is 5.82 Å². The van der Waals surface area contributed by atoms with Crippen LogP contribution < -0.4 is 10.5 Å². The number of rotatable bonds is 8. The van der Waals surface area contributed by atoms with Crippen LogP contribution in [0.3, 0.4) is 0 Å². The summed E-state index contributed by atoms with van der Waals surface area (Å²) in [6, 6.07) is 22.7. The second kappa shape index (κ2) is 9.58. The van der Waals surface area contributed by atoms with Crippen molar-refractivity contribution in [1.82, 2.24) is 14.8 Å². The molecule has 2 N–H and O–H groups in total. The fraction of sp³-hybridized carbons (Fsp3) is 0.233. The molecule has 0 saturated heterocycles. The van der Waals surface area contributed by atoms with E-state index in [0.29, 0.717) is 30.8 Å². The third-order valence-electron chi connectivity index (χ3n) is 6.78. The largest absolute Gasteiger partial charge is 0.487 e. The number of hydrogen-bond donors (Lipinski definition) is 1. The monoisotopic (exact) mass is 492 g/mol. The van der Waals surface area contributed by atoms with Gasteiger partial charge in [-0.3, -0.25) is 9.48 Å². The van der Waals surface area contributed by atoms with Gasteiger partial charge in [0.25, 0.3) is 0 Å². The zero-order valence-corrected chi connectivity index (χ0v) is 20.7. The lowest BCUT2D eigenvalue weighted by molar-refractivity contribution is -0.142. The Morgan fingerprint density at radius 2 is 1.81 bits per heavy atom. The lowest BCUT2D eigenvalue weighted by Gasteiger charge is -2.10. The number of nitrogen functional groups attached to an aromatic ring is 1. The Kier molecular flexibility index (Phi) is 5.96. The van der Waals surface area contributed by atoms with E-state index in [0.717, 1.165) is 56.9 Å². The van der Waals surface area contributed by atoms with Crippen LogP contribution in [0.5, 0.6) is 5.75 Å². The van der Waals surface area contributed by atoms with Crippen LogP contribution >= 0.6 is 0 Å². The lowest BCUT2D eigenvalue weighted by atomic mass is 10.00. The van der Waals surface area contributed by atoms with Gasteiger partial charge in [0.2, 0.25) is 0 Å². The van der Waals surface area contributed by atoms with Crippen molar-refractivity contribution in [2.75, 3.05) is 12.3 Å². The minimum Gasteiger partial charge on any atom is -0.487 e. The van der Waals surface area contributed by atoms with Crippen molar-refractivity contribution in [3.63, 3.8) is 0 Å². The Morgan fingerprint density at radius 1 is 1.03 bits per heavy atom. The molecule has 5 aromatic rings. The summed E-state index contributed by atoms with van der Waals surface area (Å²) < 4.78 is 13.5. The van der Waals surface area contributed by atoms with E-state index in [1.54, 1.807) is 13.1 Å². The number of carbonyl (C=O) groups is 1. The smallest absolute Gasteiger partial charge is 0.310 e. The molecule has 2 heterocycles. The van der Waals surface area contributed by atoms with Gasteiger partial charge in [-0.05, 0) is 66.6 Å². The summed E-state index contributed by atoms with van der Waals surface area (Å²) in [6.45, 7) is 2.46. The van der Waals surface area contributed by atoms with Crippen LogP contribution in [0.15, 0.2) is 72.9 Å². The second-order valence-corrected chi connectivity index (χ2v) is 9.36. The molecule has 1 saturated carbocycles. The summed E-state index contributed by atoms with van der Waals surface area (Å²) in [7, 11) is 0. The van der Waals surface area contributed by atoms with Crippen LogP contribution in [0, 0.1) is 0 Å². The Bertz CT molecular complexity index is 1620. The van der Waals surface area contributed by atoms with E-state index in [9.17, 15) is 4.79 Å². The number of nitrogens with two attached hydrogens (primary N) is 1. The summed E-state index contributed by atoms with van der Waals surface area (Å²) in [5.41, 5.74) is 11.1. The minimum atomic E-state index is -0.266. The molecule has 2 aromatic heterocycles. The van der Waals surface area contributed by atoms with Crippen molar-refractivity contribution >= 4 is 33.5 Å². The van der Waals surface area contributed by atoms with Crippen LogP contribution in [0.2, 0.25) is 0 Å². The first kappa shape index (κ1) is 23.0. The van der Waals surface area contributed by atoms with Crippen molar-refractivity contribution in [2.45, 2.75) is 38.8 Å². The first-order valence-corrected chi connectivity index (χ1v) is 12.6. The highest BCUT2D eigenvalue weighted by Gasteiger charge is 2.27. The van der Waals surface area contributed by atoms with Gasteiger partial charge in [-0.1, -0.05) is 36.4 Å². The first-order chi connectivity index (χ1) is 18.1. The van der Waals surface area contributed by atoms with Crippen LogP contribution in [0.25, 0.3) is 32.8 Å². The number of nitrogens with zero attached hydrogens (tertiary/aromatic N) is 3. The van der Waals surface area contributed by atoms with Gasteiger partial charge in [0, 0.05) is 22.5 Å². The van der Waals surface area contributed by atoms with E-state index < -0.39 is 0 Å². The zero-order chi connectivity index (χ0) is 25.4. The fourth-order valence-corrected chi connectivity index (χ4v) is 4.76. The van der Waals surface area contributed by atoms with E-state index in [1.807, 2.05) is 30.3 Å². The van der Waals surface area contributed by atoms with Gasteiger partial charge in [0.1, 0.15) is 23.9 Å². The molecule has 0 atom stereocenters. The van der Waals surface area contributed by atoms with Gasteiger partial charge in [0.15, 0.2) is 0 Å². The minimum absolute atomic E-state index is 0.172. The topological polar surface area (TPSA) is 92.3 Å². The SMILES string of the molecule is CCOC(=O)Cc1ccccc1OCc1nn(C2CC2)c2ccc(-c3ccc4ccnc(N)c4c3)cc12. The molecular formula is C30H28N4O3. The highest BCUT2D eigenvalue weighted by molar-refractivity contribution is 5.95. The highest BCUT2D eigenvalue weighted by atomic mass is 16.5. The Balaban J connectivity index is 1.34. The summed E-state index contributed by atoms with van der Waals surface area (Å²) in [4.78, 5) is 16.3. The maximum absolute atomic E-state index is 12.1. The van der Waals surface area contributed by atoms with Crippen LogP contribution in [-0.2, 0) is 22.6 Å². The number of ether oxygens (including phenoxy) is 2. The Hall–Kier alpha value is -4.39. The first-order valence-electron chi connectivity index (χ1n) is 12.6. The predicted octanol–water partition coefficient (Wildman–Crippen LogP) is 5.85. The quantitative estimate of drug-likeness (QED) is 0.273. The van der Waals surface area contributed by atoms with E-state index >= 15 is 0 Å². The Labute approximate surface area is 214 Å². The van der Waals surface area contributed by atoms with Gasteiger partial charge < -0.3 is 15.2 Å². The number of aromatic nitrogens is 3. The number of para-hydroxylation sites is 1. The van der Waals surface area contributed by atoms with Gasteiger partial charge >= 0.3 is 5.97 Å². The number of benzene rings is 3. The van der Waals surface area contributed by atoms with Crippen molar-refractivity contribution in [3.05, 3.63) is 84.2 Å². The van der Waals surface area contributed by atoms with Gasteiger partial charge in [0.05, 0.1) is 24.6 Å². The second-order valence-electron chi connectivity index (χ2n) is 9.36. The molecule has 186 valence electrons. The van der Waals surface area contributed by atoms with E-state index in [1.165, 1.54) is 0 Å².